The Balaban J connectivity index is 2.28. The molecule has 0 bridgehead atoms. The average molecular weight is 363 g/mol. The number of anilines is 1. The largest absolute Gasteiger partial charge is 0.319 e. The molecule has 0 aliphatic rings. The molecule has 2 rings (SSSR count). The number of amides is 1. The van der Waals surface area contributed by atoms with Gasteiger partial charge >= 0.3 is 0 Å². The second-order valence-electron chi connectivity index (χ2n) is 3.74. The van der Waals surface area contributed by atoms with E-state index in [2.05, 4.69) is 21.2 Å². The monoisotopic (exact) mass is 361 g/mol. The van der Waals surface area contributed by atoms with E-state index in [1.165, 1.54) is 24.3 Å². The van der Waals surface area contributed by atoms with E-state index in [1.54, 1.807) is 12.1 Å². The Bertz CT molecular complexity index is 628. The zero-order valence-corrected chi connectivity index (χ0v) is 12.5. The van der Waals surface area contributed by atoms with Crippen molar-refractivity contribution in [2.24, 2.45) is 0 Å². The number of halogens is 4. The fourth-order valence-corrected chi connectivity index (χ4v) is 2.50. The second-order valence-corrected chi connectivity index (χ2v) is 5.52. The molecule has 0 saturated carbocycles. The highest BCUT2D eigenvalue weighted by molar-refractivity contribution is 9.10. The fourth-order valence-electron chi connectivity index (χ4n) is 1.47. The van der Waals surface area contributed by atoms with Gasteiger partial charge in [-0.3, -0.25) is 4.79 Å². The number of hydrogen-bond donors (Lipinski definition) is 1. The van der Waals surface area contributed by atoms with Gasteiger partial charge in [-0.15, -0.1) is 0 Å². The summed E-state index contributed by atoms with van der Waals surface area (Å²) < 4.78 is 14.2. The van der Waals surface area contributed by atoms with Crippen molar-refractivity contribution in [3.63, 3.8) is 0 Å². The Hall–Kier alpha value is -1.10. The molecule has 1 amide bonds. The highest BCUT2D eigenvalue weighted by Crippen LogP contribution is 2.23. The van der Waals surface area contributed by atoms with Crippen LogP contribution in [0.5, 0.6) is 0 Å². The van der Waals surface area contributed by atoms with Crippen LogP contribution in [0.15, 0.2) is 40.9 Å². The minimum Gasteiger partial charge on any atom is -0.319 e. The minimum atomic E-state index is -0.557. The Morgan fingerprint density at radius 1 is 1.11 bits per heavy atom. The molecule has 2 nitrogen and oxygen atoms in total. The molecule has 98 valence electrons. The molecule has 0 unspecified atom stereocenters. The van der Waals surface area contributed by atoms with Gasteiger partial charge in [-0.25, -0.2) is 4.39 Å². The van der Waals surface area contributed by atoms with E-state index in [0.29, 0.717) is 20.1 Å². The van der Waals surface area contributed by atoms with Crippen LogP contribution in [0.2, 0.25) is 10.0 Å². The van der Waals surface area contributed by atoms with Crippen molar-refractivity contribution >= 4 is 50.7 Å². The predicted molar refractivity (Wildman–Crippen MR) is 78.5 cm³/mol. The summed E-state index contributed by atoms with van der Waals surface area (Å²) in [6.07, 6.45) is 0. The number of benzene rings is 2. The normalized spacial score (nSPS) is 10.3. The zero-order chi connectivity index (χ0) is 14.0. The van der Waals surface area contributed by atoms with Crippen LogP contribution >= 0.6 is 39.1 Å². The van der Waals surface area contributed by atoms with Crippen molar-refractivity contribution in [2.45, 2.75) is 0 Å². The van der Waals surface area contributed by atoms with E-state index < -0.39 is 11.7 Å². The molecule has 0 saturated heterocycles. The maximum Gasteiger partial charge on any atom is 0.255 e. The maximum atomic E-state index is 13.5. The van der Waals surface area contributed by atoms with Crippen molar-refractivity contribution in [1.29, 1.82) is 0 Å². The van der Waals surface area contributed by atoms with Gasteiger partial charge < -0.3 is 5.32 Å². The molecule has 19 heavy (non-hydrogen) atoms. The molecule has 0 radical (unpaired) electrons. The van der Waals surface area contributed by atoms with Crippen molar-refractivity contribution in [1.82, 2.24) is 0 Å². The topological polar surface area (TPSA) is 29.1 Å². The summed E-state index contributed by atoms with van der Waals surface area (Å²) in [6.45, 7) is 0. The summed E-state index contributed by atoms with van der Waals surface area (Å²) in [5.74, 6) is -1.02. The van der Waals surface area contributed by atoms with Crippen LogP contribution in [0.25, 0.3) is 0 Å². The van der Waals surface area contributed by atoms with Crippen molar-refractivity contribution < 1.29 is 9.18 Å². The van der Waals surface area contributed by atoms with Crippen LogP contribution < -0.4 is 5.32 Å². The lowest BCUT2D eigenvalue weighted by molar-refractivity contribution is 0.102. The number of carbonyl (C=O) groups excluding carboxylic acids is 1. The van der Waals surface area contributed by atoms with Gasteiger partial charge in [-0.05, 0) is 36.4 Å². The summed E-state index contributed by atoms with van der Waals surface area (Å²) in [6, 6.07) is 8.66. The molecular weight excluding hydrogens is 356 g/mol. The first-order valence-electron chi connectivity index (χ1n) is 5.18. The number of carbonyl (C=O) groups is 1. The molecule has 0 fully saturated rings. The molecule has 0 heterocycles. The van der Waals surface area contributed by atoms with Gasteiger partial charge in [0.1, 0.15) is 5.82 Å². The van der Waals surface area contributed by atoms with Gasteiger partial charge in [0.05, 0.1) is 5.69 Å². The smallest absolute Gasteiger partial charge is 0.255 e. The van der Waals surface area contributed by atoms with E-state index in [9.17, 15) is 9.18 Å². The summed E-state index contributed by atoms with van der Waals surface area (Å²) in [7, 11) is 0. The van der Waals surface area contributed by atoms with Crippen molar-refractivity contribution in [3.05, 3.63) is 62.3 Å². The Morgan fingerprint density at radius 2 is 1.84 bits per heavy atom. The molecule has 2 aromatic rings. The molecule has 6 heteroatoms. The SMILES string of the molecule is O=C(Nc1cc(Cl)ccc1F)c1cc(Cl)cc(Br)c1. The summed E-state index contributed by atoms with van der Waals surface area (Å²) >= 11 is 14.8. The minimum absolute atomic E-state index is 0.0218. The molecule has 0 aliphatic carbocycles. The first-order valence-corrected chi connectivity index (χ1v) is 6.73. The lowest BCUT2D eigenvalue weighted by Crippen LogP contribution is -2.13. The van der Waals surface area contributed by atoms with Gasteiger partial charge in [0, 0.05) is 20.1 Å². The first kappa shape index (κ1) is 14.3. The number of hydrogen-bond acceptors (Lipinski definition) is 1. The second kappa shape index (κ2) is 5.90. The van der Waals surface area contributed by atoms with Crippen LogP contribution in [0.4, 0.5) is 10.1 Å². The van der Waals surface area contributed by atoms with E-state index in [4.69, 9.17) is 23.2 Å². The van der Waals surface area contributed by atoms with Gasteiger partial charge in [-0.2, -0.15) is 0 Å². The quantitative estimate of drug-likeness (QED) is 0.786. The maximum absolute atomic E-state index is 13.5. The molecular formula is C13H7BrCl2FNO. The van der Waals surface area contributed by atoms with Gasteiger partial charge in [0.25, 0.3) is 5.91 Å². The Morgan fingerprint density at radius 3 is 2.53 bits per heavy atom. The van der Waals surface area contributed by atoms with Crippen molar-refractivity contribution in [3.8, 4) is 0 Å². The first-order chi connectivity index (χ1) is 8.95. The highest BCUT2D eigenvalue weighted by atomic mass is 79.9. The van der Waals surface area contributed by atoms with E-state index in [0.717, 1.165) is 0 Å². The van der Waals surface area contributed by atoms with Crippen molar-refractivity contribution in [2.75, 3.05) is 5.32 Å². The number of rotatable bonds is 2. The highest BCUT2D eigenvalue weighted by Gasteiger charge is 2.11. The standard InChI is InChI=1S/C13H7BrCl2FNO/c14-8-3-7(4-10(16)5-8)13(19)18-12-6-9(15)1-2-11(12)17/h1-6H,(H,18,19). The van der Waals surface area contributed by atoms with Crippen LogP contribution in [0.1, 0.15) is 10.4 Å². The molecule has 1 N–H and O–H groups in total. The van der Waals surface area contributed by atoms with Gasteiger partial charge in [0.15, 0.2) is 0 Å². The van der Waals surface area contributed by atoms with E-state index in [1.807, 2.05) is 0 Å². The molecule has 2 aromatic carbocycles. The van der Waals surface area contributed by atoms with E-state index >= 15 is 0 Å². The van der Waals surface area contributed by atoms with Crippen LogP contribution in [-0.2, 0) is 0 Å². The van der Waals surface area contributed by atoms with Crippen LogP contribution in [0, 0.1) is 5.82 Å². The predicted octanol–water partition coefficient (Wildman–Crippen LogP) is 5.15. The molecule has 0 aromatic heterocycles. The molecule has 0 spiro atoms. The van der Waals surface area contributed by atoms with Crippen LogP contribution in [-0.4, -0.2) is 5.91 Å². The summed E-state index contributed by atoms with van der Waals surface area (Å²) in [5, 5.41) is 3.19. The average Bonchev–Trinajstić information content (AvgIpc) is 2.32. The molecule has 0 aliphatic heterocycles. The van der Waals surface area contributed by atoms with Gasteiger partial charge in [-0.1, -0.05) is 39.1 Å². The number of nitrogens with one attached hydrogen (secondary N) is 1. The van der Waals surface area contributed by atoms with Gasteiger partial charge in [0.2, 0.25) is 0 Å². The molecule has 0 atom stereocenters. The fraction of sp³-hybridized carbons (Fsp3) is 0. The third-order valence-corrected chi connectivity index (χ3v) is 3.21. The third-order valence-electron chi connectivity index (χ3n) is 2.30. The van der Waals surface area contributed by atoms with Crippen LogP contribution in [0.3, 0.4) is 0 Å². The Labute approximate surface area is 127 Å². The lowest BCUT2D eigenvalue weighted by Gasteiger charge is -2.07. The third kappa shape index (κ3) is 3.69. The lowest BCUT2D eigenvalue weighted by atomic mass is 10.2. The van der Waals surface area contributed by atoms with E-state index in [-0.39, 0.29) is 5.69 Å². The zero-order valence-electron chi connectivity index (χ0n) is 9.38. The Kier molecular flexibility index (Phi) is 4.45. The summed E-state index contributed by atoms with van der Waals surface area (Å²) in [5.41, 5.74) is 0.340. The summed E-state index contributed by atoms with van der Waals surface area (Å²) in [4.78, 5) is 12.0.